The van der Waals surface area contributed by atoms with E-state index >= 15 is 0 Å². The molecule has 0 unspecified atom stereocenters. The third kappa shape index (κ3) is 3.84. The van der Waals surface area contributed by atoms with Crippen LogP contribution in [0.1, 0.15) is 17.3 Å². The van der Waals surface area contributed by atoms with E-state index in [2.05, 4.69) is 28.2 Å². The second-order valence-electron chi connectivity index (χ2n) is 4.45. The van der Waals surface area contributed by atoms with Gasteiger partial charge in [-0.05, 0) is 25.1 Å². The number of benzene rings is 1. The van der Waals surface area contributed by atoms with E-state index in [1.807, 2.05) is 17.0 Å². The smallest absolute Gasteiger partial charge is 0.257 e. The van der Waals surface area contributed by atoms with Gasteiger partial charge in [-0.3, -0.25) is 4.79 Å². The van der Waals surface area contributed by atoms with Crippen LogP contribution >= 0.6 is 28.3 Å². The SMILES string of the molecule is COc1cc(Br)ccc1C(=O)N1CCN[C@H](C)C1.Cl. The number of nitrogens with zero attached hydrogens (tertiary/aromatic N) is 1. The molecule has 19 heavy (non-hydrogen) atoms. The summed E-state index contributed by atoms with van der Waals surface area (Å²) in [5, 5.41) is 3.32. The van der Waals surface area contributed by atoms with Crippen molar-refractivity contribution in [2.75, 3.05) is 26.7 Å². The third-order valence-corrected chi connectivity index (χ3v) is 3.54. The topological polar surface area (TPSA) is 41.6 Å². The van der Waals surface area contributed by atoms with E-state index in [4.69, 9.17) is 4.74 Å². The molecule has 1 atom stereocenters. The standard InChI is InChI=1S/C13H17BrN2O2.ClH/c1-9-8-16(6-5-15-9)13(17)11-4-3-10(14)7-12(11)18-2;/h3-4,7,9,15H,5-6,8H2,1-2H3;1H/t9-;/m1./s1. The van der Waals surface area contributed by atoms with Crippen molar-refractivity contribution in [3.63, 3.8) is 0 Å². The highest BCUT2D eigenvalue weighted by Crippen LogP contribution is 2.25. The van der Waals surface area contributed by atoms with Crippen LogP contribution in [0, 0.1) is 0 Å². The predicted molar refractivity (Wildman–Crippen MR) is 81.3 cm³/mol. The minimum Gasteiger partial charge on any atom is -0.496 e. The van der Waals surface area contributed by atoms with E-state index in [-0.39, 0.29) is 18.3 Å². The molecule has 1 aromatic carbocycles. The van der Waals surface area contributed by atoms with Crippen molar-refractivity contribution in [1.29, 1.82) is 0 Å². The maximum atomic E-state index is 12.4. The van der Waals surface area contributed by atoms with Crippen LogP contribution in [-0.4, -0.2) is 43.6 Å². The number of piperazine rings is 1. The van der Waals surface area contributed by atoms with Crippen LogP contribution in [-0.2, 0) is 0 Å². The highest BCUT2D eigenvalue weighted by Gasteiger charge is 2.23. The summed E-state index contributed by atoms with van der Waals surface area (Å²) in [6.07, 6.45) is 0. The van der Waals surface area contributed by atoms with Crippen LogP contribution in [0.25, 0.3) is 0 Å². The predicted octanol–water partition coefficient (Wildman–Crippen LogP) is 2.31. The molecule has 1 N–H and O–H groups in total. The number of carbonyl (C=O) groups excluding carboxylic acids is 1. The highest BCUT2D eigenvalue weighted by atomic mass is 79.9. The summed E-state index contributed by atoms with van der Waals surface area (Å²) >= 11 is 3.38. The van der Waals surface area contributed by atoms with Gasteiger partial charge in [0.1, 0.15) is 5.75 Å². The molecule has 1 aromatic rings. The first kappa shape index (κ1) is 16.3. The number of amides is 1. The van der Waals surface area contributed by atoms with E-state index in [0.717, 1.165) is 24.1 Å². The zero-order chi connectivity index (χ0) is 13.1. The molecular formula is C13H18BrClN2O2. The number of hydrogen-bond donors (Lipinski definition) is 1. The van der Waals surface area contributed by atoms with Gasteiger partial charge in [-0.1, -0.05) is 15.9 Å². The number of carbonyl (C=O) groups is 1. The zero-order valence-electron chi connectivity index (χ0n) is 11.0. The Labute approximate surface area is 128 Å². The van der Waals surface area contributed by atoms with Crippen molar-refractivity contribution in [3.8, 4) is 5.75 Å². The summed E-state index contributed by atoms with van der Waals surface area (Å²) in [5.74, 6) is 0.647. The minimum absolute atomic E-state index is 0. The van der Waals surface area contributed by atoms with E-state index in [1.165, 1.54) is 0 Å². The van der Waals surface area contributed by atoms with Gasteiger partial charge in [-0.2, -0.15) is 0 Å². The first-order valence-corrected chi connectivity index (χ1v) is 6.77. The summed E-state index contributed by atoms with van der Waals surface area (Å²) in [6.45, 7) is 4.39. The molecule has 1 amide bonds. The molecular weight excluding hydrogens is 332 g/mol. The van der Waals surface area contributed by atoms with Gasteiger partial charge in [-0.15, -0.1) is 12.4 Å². The van der Waals surface area contributed by atoms with Gasteiger partial charge in [0.05, 0.1) is 12.7 Å². The minimum atomic E-state index is 0. The molecule has 4 nitrogen and oxygen atoms in total. The van der Waals surface area contributed by atoms with Crippen molar-refractivity contribution in [2.45, 2.75) is 13.0 Å². The number of hydrogen-bond acceptors (Lipinski definition) is 3. The molecule has 1 saturated heterocycles. The third-order valence-electron chi connectivity index (χ3n) is 3.05. The molecule has 0 spiro atoms. The van der Waals surface area contributed by atoms with E-state index in [0.29, 0.717) is 17.4 Å². The molecule has 0 aromatic heterocycles. The first-order chi connectivity index (χ1) is 8.61. The monoisotopic (exact) mass is 348 g/mol. The van der Waals surface area contributed by atoms with Crippen molar-refractivity contribution in [1.82, 2.24) is 10.2 Å². The average molecular weight is 350 g/mol. The van der Waals surface area contributed by atoms with Crippen LogP contribution in [0.2, 0.25) is 0 Å². The molecule has 0 aliphatic carbocycles. The van der Waals surface area contributed by atoms with Crippen LogP contribution in [0.15, 0.2) is 22.7 Å². The fourth-order valence-corrected chi connectivity index (χ4v) is 2.47. The largest absolute Gasteiger partial charge is 0.496 e. The summed E-state index contributed by atoms with van der Waals surface area (Å²) in [4.78, 5) is 14.3. The molecule has 0 radical (unpaired) electrons. The van der Waals surface area contributed by atoms with Gasteiger partial charge < -0.3 is 15.0 Å². The Morgan fingerprint density at radius 1 is 1.53 bits per heavy atom. The van der Waals surface area contributed by atoms with Gasteiger partial charge >= 0.3 is 0 Å². The summed E-state index contributed by atoms with van der Waals surface area (Å²) in [7, 11) is 1.58. The van der Waals surface area contributed by atoms with Crippen molar-refractivity contribution in [3.05, 3.63) is 28.2 Å². The fourth-order valence-electron chi connectivity index (χ4n) is 2.13. The van der Waals surface area contributed by atoms with Gasteiger partial charge in [-0.25, -0.2) is 0 Å². The summed E-state index contributed by atoms with van der Waals surface area (Å²) in [5.41, 5.74) is 0.620. The lowest BCUT2D eigenvalue weighted by atomic mass is 10.1. The maximum Gasteiger partial charge on any atom is 0.257 e. The average Bonchev–Trinajstić information content (AvgIpc) is 2.37. The molecule has 6 heteroatoms. The van der Waals surface area contributed by atoms with Crippen molar-refractivity contribution in [2.24, 2.45) is 0 Å². The van der Waals surface area contributed by atoms with E-state index < -0.39 is 0 Å². The van der Waals surface area contributed by atoms with Gasteiger partial charge in [0, 0.05) is 30.1 Å². The molecule has 1 fully saturated rings. The molecule has 0 saturated carbocycles. The fraction of sp³-hybridized carbons (Fsp3) is 0.462. The van der Waals surface area contributed by atoms with Gasteiger partial charge in [0.15, 0.2) is 0 Å². The quantitative estimate of drug-likeness (QED) is 0.891. The number of halogens is 2. The Balaban J connectivity index is 0.00000180. The number of methoxy groups -OCH3 is 1. The Kier molecular flexibility index (Phi) is 6.10. The number of ether oxygens (including phenoxy) is 1. The summed E-state index contributed by atoms with van der Waals surface area (Å²) < 4.78 is 6.18. The Hall–Kier alpha value is -0.780. The lowest BCUT2D eigenvalue weighted by Crippen LogP contribution is -2.51. The van der Waals surface area contributed by atoms with Crippen LogP contribution in [0.4, 0.5) is 0 Å². The second kappa shape index (κ2) is 7.12. The highest BCUT2D eigenvalue weighted by molar-refractivity contribution is 9.10. The Morgan fingerprint density at radius 3 is 2.89 bits per heavy atom. The molecule has 1 aliphatic heterocycles. The molecule has 1 heterocycles. The van der Waals surface area contributed by atoms with Gasteiger partial charge in [0.2, 0.25) is 0 Å². The summed E-state index contributed by atoms with van der Waals surface area (Å²) in [6, 6.07) is 5.82. The normalized spacial score (nSPS) is 18.7. The number of nitrogens with one attached hydrogen (secondary N) is 1. The van der Waals surface area contributed by atoms with Crippen LogP contribution in [0.3, 0.4) is 0 Å². The zero-order valence-corrected chi connectivity index (χ0v) is 13.4. The molecule has 106 valence electrons. The van der Waals surface area contributed by atoms with Crippen molar-refractivity contribution >= 4 is 34.2 Å². The first-order valence-electron chi connectivity index (χ1n) is 5.98. The maximum absolute atomic E-state index is 12.4. The molecule has 0 bridgehead atoms. The Morgan fingerprint density at radius 2 is 2.26 bits per heavy atom. The lowest BCUT2D eigenvalue weighted by Gasteiger charge is -2.32. The number of rotatable bonds is 2. The molecule has 1 aliphatic rings. The van der Waals surface area contributed by atoms with Crippen molar-refractivity contribution < 1.29 is 9.53 Å². The van der Waals surface area contributed by atoms with Crippen LogP contribution < -0.4 is 10.1 Å². The lowest BCUT2D eigenvalue weighted by molar-refractivity contribution is 0.0705. The second-order valence-corrected chi connectivity index (χ2v) is 5.37. The van der Waals surface area contributed by atoms with E-state index in [1.54, 1.807) is 13.2 Å². The molecule has 2 rings (SSSR count). The van der Waals surface area contributed by atoms with Gasteiger partial charge in [0.25, 0.3) is 5.91 Å². The van der Waals surface area contributed by atoms with Crippen LogP contribution in [0.5, 0.6) is 5.75 Å². The Bertz CT molecular complexity index is 456. The van der Waals surface area contributed by atoms with E-state index in [9.17, 15) is 4.79 Å².